The molecule has 0 bridgehead atoms. The van der Waals surface area contributed by atoms with Crippen LogP contribution in [0.5, 0.6) is 0 Å². The Hall–Kier alpha value is -0.540. The molecule has 0 fully saturated rings. The topological polar surface area (TPSA) is 29.9 Å². The number of rotatable bonds is 7. The van der Waals surface area contributed by atoms with Crippen LogP contribution >= 0.6 is 11.6 Å². The fourth-order valence-electron chi connectivity index (χ4n) is 1.95. The Morgan fingerprint density at radius 2 is 2.12 bits per heavy atom. The molecule has 0 aliphatic heterocycles. The molecule has 2 unspecified atom stereocenters. The lowest BCUT2D eigenvalue weighted by Crippen LogP contribution is -2.28. The van der Waals surface area contributed by atoms with Crippen LogP contribution in [0.15, 0.2) is 6.07 Å². The van der Waals surface area contributed by atoms with Gasteiger partial charge in [0.1, 0.15) is 0 Å². The van der Waals surface area contributed by atoms with E-state index in [1.54, 1.807) is 0 Å². The third kappa shape index (κ3) is 4.68. The van der Waals surface area contributed by atoms with Gasteiger partial charge in [-0.05, 0) is 39.7 Å². The zero-order valence-electron chi connectivity index (χ0n) is 11.3. The molecule has 0 aliphatic carbocycles. The van der Waals surface area contributed by atoms with Crippen LogP contribution in [0.4, 0.5) is 0 Å². The van der Waals surface area contributed by atoms with E-state index in [-0.39, 0.29) is 5.38 Å². The van der Waals surface area contributed by atoms with E-state index in [2.05, 4.69) is 41.9 Å². The summed E-state index contributed by atoms with van der Waals surface area (Å²) in [7, 11) is 0. The molecule has 0 radical (unpaired) electrons. The van der Waals surface area contributed by atoms with Crippen molar-refractivity contribution in [1.82, 2.24) is 15.1 Å². The van der Waals surface area contributed by atoms with Crippen molar-refractivity contribution in [3.8, 4) is 0 Å². The smallest absolute Gasteiger partial charge is 0.0625 e. The molecule has 98 valence electrons. The lowest BCUT2D eigenvalue weighted by Gasteiger charge is -2.15. The molecule has 1 aromatic rings. The van der Waals surface area contributed by atoms with E-state index < -0.39 is 0 Å². The summed E-state index contributed by atoms with van der Waals surface area (Å²) < 4.78 is 2.07. The molecule has 3 nitrogen and oxygen atoms in total. The molecule has 0 saturated heterocycles. The Morgan fingerprint density at radius 3 is 2.65 bits per heavy atom. The molecular weight excluding hydrogens is 234 g/mol. The van der Waals surface area contributed by atoms with E-state index in [0.29, 0.717) is 6.04 Å². The first-order valence-corrected chi connectivity index (χ1v) is 6.93. The number of hydrogen-bond acceptors (Lipinski definition) is 2. The highest BCUT2D eigenvalue weighted by Gasteiger charge is 2.09. The first kappa shape index (κ1) is 14.5. The molecular formula is C13H24ClN3. The largest absolute Gasteiger partial charge is 0.309 e. The predicted molar refractivity (Wildman–Crippen MR) is 73.5 cm³/mol. The van der Waals surface area contributed by atoms with Gasteiger partial charge in [-0.1, -0.05) is 6.92 Å². The van der Waals surface area contributed by atoms with Gasteiger partial charge in [0.05, 0.1) is 11.4 Å². The summed E-state index contributed by atoms with van der Waals surface area (Å²) in [6.07, 6.45) is 1.98. The Kier molecular flexibility index (Phi) is 6.00. The van der Waals surface area contributed by atoms with Gasteiger partial charge >= 0.3 is 0 Å². The molecule has 0 amide bonds. The molecule has 4 heteroatoms. The van der Waals surface area contributed by atoms with Gasteiger partial charge in [0, 0.05) is 24.5 Å². The van der Waals surface area contributed by atoms with Crippen molar-refractivity contribution < 1.29 is 0 Å². The van der Waals surface area contributed by atoms with Gasteiger partial charge in [-0.3, -0.25) is 4.68 Å². The van der Waals surface area contributed by atoms with Crippen LogP contribution in [-0.4, -0.2) is 21.2 Å². The quantitative estimate of drug-likeness (QED) is 0.761. The maximum atomic E-state index is 5.98. The lowest BCUT2D eigenvalue weighted by atomic mass is 10.2. The summed E-state index contributed by atoms with van der Waals surface area (Å²) in [6.45, 7) is 10.3. The number of aryl methyl sites for hydroxylation is 2. The zero-order valence-corrected chi connectivity index (χ0v) is 12.1. The average molecular weight is 258 g/mol. The molecule has 1 rings (SSSR count). The van der Waals surface area contributed by atoms with E-state index in [0.717, 1.165) is 25.9 Å². The molecule has 0 aliphatic rings. The summed E-state index contributed by atoms with van der Waals surface area (Å²) in [4.78, 5) is 0. The van der Waals surface area contributed by atoms with E-state index in [4.69, 9.17) is 11.6 Å². The van der Waals surface area contributed by atoms with Gasteiger partial charge in [0.2, 0.25) is 0 Å². The van der Waals surface area contributed by atoms with Gasteiger partial charge in [0.25, 0.3) is 0 Å². The van der Waals surface area contributed by atoms with E-state index in [1.165, 1.54) is 11.4 Å². The van der Waals surface area contributed by atoms with Gasteiger partial charge < -0.3 is 5.32 Å². The Morgan fingerprint density at radius 1 is 1.41 bits per heavy atom. The van der Waals surface area contributed by atoms with E-state index in [9.17, 15) is 0 Å². The minimum Gasteiger partial charge on any atom is -0.309 e. The summed E-state index contributed by atoms with van der Waals surface area (Å²) in [5.41, 5.74) is 2.43. The van der Waals surface area contributed by atoms with Crippen LogP contribution in [0.2, 0.25) is 0 Å². The van der Waals surface area contributed by atoms with Crippen molar-refractivity contribution in [2.24, 2.45) is 0 Å². The maximum Gasteiger partial charge on any atom is 0.0625 e. The van der Waals surface area contributed by atoms with Gasteiger partial charge in [-0.2, -0.15) is 5.10 Å². The van der Waals surface area contributed by atoms with Crippen molar-refractivity contribution >= 4 is 11.6 Å². The van der Waals surface area contributed by atoms with Crippen LogP contribution in [0.1, 0.15) is 45.5 Å². The Labute approximate surface area is 110 Å². The number of alkyl halides is 1. The number of hydrogen-bond donors (Lipinski definition) is 1. The summed E-state index contributed by atoms with van der Waals surface area (Å²) in [5, 5.41) is 8.26. The molecule has 1 heterocycles. The SMILES string of the molecule is CCc1cc(CNC(C)CC(C)Cl)n(CC)n1. The van der Waals surface area contributed by atoms with Crippen molar-refractivity contribution in [3.05, 3.63) is 17.5 Å². The van der Waals surface area contributed by atoms with Crippen molar-refractivity contribution in [2.45, 2.75) is 65.0 Å². The summed E-state index contributed by atoms with van der Waals surface area (Å²) >= 11 is 5.98. The highest BCUT2D eigenvalue weighted by Crippen LogP contribution is 2.08. The van der Waals surface area contributed by atoms with E-state index >= 15 is 0 Å². The molecule has 1 N–H and O–H groups in total. The first-order valence-electron chi connectivity index (χ1n) is 6.49. The molecule has 2 atom stereocenters. The fraction of sp³-hybridized carbons (Fsp3) is 0.769. The summed E-state index contributed by atoms with van der Waals surface area (Å²) in [5.74, 6) is 0. The monoisotopic (exact) mass is 257 g/mol. The summed E-state index contributed by atoms with van der Waals surface area (Å²) in [6, 6.07) is 2.63. The van der Waals surface area contributed by atoms with Gasteiger partial charge in [-0.25, -0.2) is 0 Å². The normalized spacial score (nSPS) is 14.9. The second-order valence-corrected chi connectivity index (χ2v) is 5.34. The van der Waals surface area contributed by atoms with Crippen molar-refractivity contribution in [2.75, 3.05) is 0 Å². The predicted octanol–water partition coefficient (Wildman–Crippen LogP) is 2.96. The standard InChI is InChI=1S/C13H24ClN3/c1-5-12-8-13(17(6-2)16-12)9-15-11(4)7-10(3)14/h8,10-11,15H,5-7,9H2,1-4H3. The Balaban J connectivity index is 2.53. The third-order valence-corrected chi connectivity index (χ3v) is 3.06. The molecule has 17 heavy (non-hydrogen) atoms. The average Bonchev–Trinajstić information content (AvgIpc) is 2.67. The van der Waals surface area contributed by atoms with Gasteiger partial charge in [-0.15, -0.1) is 11.6 Å². The minimum absolute atomic E-state index is 0.222. The van der Waals surface area contributed by atoms with Crippen LogP contribution in [-0.2, 0) is 19.5 Å². The van der Waals surface area contributed by atoms with Crippen LogP contribution in [0.25, 0.3) is 0 Å². The van der Waals surface area contributed by atoms with E-state index in [1.807, 2.05) is 6.92 Å². The van der Waals surface area contributed by atoms with Crippen LogP contribution in [0.3, 0.4) is 0 Å². The second kappa shape index (κ2) is 7.02. The van der Waals surface area contributed by atoms with Crippen LogP contribution < -0.4 is 5.32 Å². The number of halogens is 1. The lowest BCUT2D eigenvalue weighted by molar-refractivity contribution is 0.489. The molecule has 0 aromatic carbocycles. The maximum absolute atomic E-state index is 5.98. The first-order chi connectivity index (χ1) is 8.06. The number of aromatic nitrogens is 2. The van der Waals surface area contributed by atoms with Crippen LogP contribution in [0, 0.1) is 0 Å². The van der Waals surface area contributed by atoms with Gasteiger partial charge in [0.15, 0.2) is 0 Å². The Bertz CT molecular complexity index is 333. The highest BCUT2D eigenvalue weighted by atomic mass is 35.5. The highest BCUT2D eigenvalue weighted by molar-refractivity contribution is 6.20. The minimum atomic E-state index is 0.222. The number of nitrogens with one attached hydrogen (secondary N) is 1. The third-order valence-electron chi connectivity index (χ3n) is 2.89. The zero-order chi connectivity index (χ0) is 12.8. The van der Waals surface area contributed by atoms with Crippen molar-refractivity contribution in [1.29, 1.82) is 0 Å². The number of nitrogens with zero attached hydrogens (tertiary/aromatic N) is 2. The van der Waals surface area contributed by atoms with Crippen molar-refractivity contribution in [3.63, 3.8) is 0 Å². The molecule has 0 spiro atoms. The fourth-order valence-corrected chi connectivity index (χ4v) is 2.22. The molecule has 1 aromatic heterocycles. The second-order valence-electron chi connectivity index (χ2n) is 4.59. The molecule has 0 saturated carbocycles.